The molecular weight excluding hydrogens is 176 g/mol. The molecule has 1 aromatic heterocycles. The Morgan fingerprint density at radius 1 is 1.75 bits per heavy atom. The Balaban J connectivity index is 2.89. The minimum Gasteiger partial charge on any atom is -0.380 e. The number of H-pyrrole nitrogens is 1. The lowest BCUT2D eigenvalue weighted by Gasteiger charge is -1.97. The summed E-state index contributed by atoms with van der Waals surface area (Å²) in [4.78, 5) is 14.3. The zero-order valence-corrected chi connectivity index (χ0v) is 7.10. The van der Waals surface area contributed by atoms with E-state index in [4.69, 9.17) is 5.73 Å². The number of aromatic amines is 1. The van der Waals surface area contributed by atoms with E-state index in [1.165, 1.54) is 11.8 Å². The van der Waals surface area contributed by atoms with E-state index in [1.54, 1.807) is 6.08 Å². The predicted octanol–water partition coefficient (Wildman–Crippen LogP) is 0.0252. The summed E-state index contributed by atoms with van der Waals surface area (Å²) in [7, 11) is 0. The summed E-state index contributed by atoms with van der Waals surface area (Å²) in [5.74, 6) is 0.893. The molecular formula is C6H8N4OS. The van der Waals surface area contributed by atoms with Gasteiger partial charge in [-0.25, -0.2) is 9.89 Å². The van der Waals surface area contributed by atoms with Crippen molar-refractivity contribution >= 4 is 17.6 Å². The summed E-state index contributed by atoms with van der Waals surface area (Å²) < 4.78 is 0. The molecule has 0 aromatic carbocycles. The van der Waals surface area contributed by atoms with Gasteiger partial charge in [0.25, 0.3) is 0 Å². The maximum absolute atomic E-state index is 10.7. The first-order chi connectivity index (χ1) is 5.74. The maximum atomic E-state index is 10.7. The van der Waals surface area contributed by atoms with Crippen LogP contribution >= 0.6 is 11.8 Å². The number of rotatable bonds is 3. The van der Waals surface area contributed by atoms with E-state index in [-0.39, 0.29) is 5.82 Å². The van der Waals surface area contributed by atoms with Crippen LogP contribution in [0.5, 0.6) is 0 Å². The number of aromatic nitrogens is 3. The zero-order valence-electron chi connectivity index (χ0n) is 6.28. The fourth-order valence-corrected chi connectivity index (χ4v) is 1.19. The second-order valence-corrected chi connectivity index (χ2v) is 2.94. The summed E-state index contributed by atoms with van der Waals surface area (Å²) in [5.41, 5.74) is 4.94. The standard InChI is InChI=1S/C6H8N4OS/c1-2-3-12-5-4(7)9-10-6(11)8-5/h2H,1,3H2,(H2,7,9)(H,8,10,11). The molecule has 5 nitrogen and oxygen atoms in total. The lowest BCUT2D eigenvalue weighted by molar-refractivity contribution is 0.866. The predicted molar refractivity (Wildman–Crippen MR) is 48.0 cm³/mol. The van der Waals surface area contributed by atoms with E-state index in [9.17, 15) is 4.79 Å². The smallest absolute Gasteiger partial charge is 0.362 e. The van der Waals surface area contributed by atoms with Crippen molar-refractivity contribution in [2.75, 3.05) is 11.5 Å². The minimum atomic E-state index is -0.490. The first-order valence-corrected chi connectivity index (χ1v) is 4.18. The number of nitrogens with one attached hydrogen (secondary N) is 1. The molecule has 0 saturated carbocycles. The first kappa shape index (κ1) is 8.79. The number of nitrogen functional groups attached to an aromatic ring is 1. The van der Waals surface area contributed by atoms with Crippen LogP contribution in [0.4, 0.5) is 5.82 Å². The summed E-state index contributed by atoms with van der Waals surface area (Å²) in [6, 6.07) is 0. The van der Waals surface area contributed by atoms with Crippen molar-refractivity contribution in [2.45, 2.75) is 5.03 Å². The highest BCUT2D eigenvalue weighted by molar-refractivity contribution is 7.99. The van der Waals surface area contributed by atoms with Gasteiger partial charge < -0.3 is 5.73 Å². The second kappa shape index (κ2) is 3.91. The molecule has 1 rings (SSSR count). The Kier molecular flexibility index (Phi) is 2.87. The number of thioether (sulfide) groups is 1. The van der Waals surface area contributed by atoms with Crippen LogP contribution < -0.4 is 11.4 Å². The SMILES string of the molecule is C=CCSc1nc(=O)[nH]nc1N. The van der Waals surface area contributed by atoms with Crippen LogP contribution in [0.15, 0.2) is 22.5 Å². The third kappa shape index (κ3) is 2.09. The molecule has 12 heavy (non-hydrogen) atoms. The molecule has 64 valence electrons. The van der Waals surface area contributed by atoms with Crippen molar-refractivity contribution in [3.8, 4) is 0 Å². The molecule has 0 saturated heterocycles. The fourth-order valence-electron chi connectivity index (χ4n) is 0.574. The number of anilines is 1. The highest BCUT2D eigenvalue weighted by Crippen LogP contribution is 2.17. The molecule has 0 aliphatic heterocycles. The van der Waals surface area contributed by atoms with Gasteiger partial charge in [0.05, 0.1) is 0 Å². The van der Waals surface area contributed by atoms with E-state index in [0.29, 0.717) is 10.8 Å². The molecule has 6 heteroatoms. The average Bonchev–Trinajstić information content (AvgIpc) is 2.07. The largest absolute Gasteiger partial charge is 0.380 e. The molecule has 0 spiro atoms. The summed E-state index contributed by atoms with van der Waals surface area (Å²) >= 11 is 1.32. The van der Waals surface area contributed by atoms with Gasteiger partial charge in [0, 0.05) is 5.75 Å². The molecule has 1 aromatic rings. The van der Waals surface area contributed by atoms with E-state index in [2.05, 4.69) is 21.8 Å². The fraction of sp³-hybridized carbons (Fsp3) is 0.167. The minimum absolute atomic E-state index is 0.237. The Morgan fingerprint density at radius 2 is 2.50 bits per heavy atom. The molecule has 0 bridgehead atoms. The van der Waals surface area contributed by atoms with E-state index < -0.39 is 5.69 Å². The van der Waals surface area contributed by atoms with Crippen LogP contribution in [-0.4, -0.2) is 20.9 Å². The molecule has 0 atom stereocenters. The third-order valence-corrected chi connectivity index (χ3v) is 2.01. The molecule has 0 unspecified atom stereocenters. The lowest BCUT2D eigenvalue weighted by atomic mass is 10.7. The van der Waals surface area contributed by atoms with Crippen LogP contribution in [0.25, 0.3) is 0 Å². The molecule has 3 N–H and O–H groups in total. The Hall–Kier alpha value is -1.30. The molecule has 0 aliphatic carbocycles. The highest BCUT2D eigenvalue weighted by atomic mass is 32.2. The van der Waals surface area contributed by atoms with Gasteiger partial charge in [-0.05, 0) is 0 Å². The van der Waals surface area contributed by atoms with E-state index in [0.717, 1.165) is 0 Å². The van der Waals surface area contributed by atoms with Gasteiger partial charge in [0.15, 0.2) is 5.82 Å². The van der Waals surface area contributed by atoms with Crippen LogP contribution in [0, 0.1) is 0 Å². The summed E-state index contributed by atoms with van der Waals surface area (Å²) in [6.07, 6.45) is 1.70. The Bertz CT molecular complexity index is 335. The lowest BCUT2D eigenvalue weighted by Crippen LogP contribution is -2.15. The monoisotopic (exact) mass is 184 g/mol. The van der Waals surface area contributed by atoms with Gasteiger partial charge in [0.1, 0.15) is 5.03 Å². The van der Waals surface area contributed by atoms with Gasteiger partial charge >= 0.3 is 5.69 Å². The first-order valence-electron chi connectivity index (χ1n) is 3.20. The molecule has 1 heterocycles. The third-order valence-electron chi connectivity index (χ3n) is 1.03. The Morgan fingerprint density at radius 3 is 3.17 bits per heavy atom. The van der Waals surface area contributed by atoms with Gasteiger partial charge in [-0.15, -0.1) is 6.58 Å². The van der Waals surface area contributed by atoms with Crippen molar-refractivity contribution < 1.29 is 0 Å². The van der Waals surface area contributed by atoms with Crippen molar-refractivity contribution in [3.63, 3.8) is 0 Å². The highest BCUT2D eigenvalue weighted by Gasteiger charge is 2.01. The van der Waals surface area contributed by atoms with Gasteiger partial charge in [-0.2, -0.15) is 10.1 Å². The molecule has 0 fully saturated rings. The zero-order chi connectivity index (χ0) is 8.97. The van der Waals surface area contributed by atoms with Crippen LogP contribution in [-0.2, 0) is 0 Å². The number of hydrogen-bond acceptors (Lipinski definition) is 5. The van der Waals surface area contributed by atoms with Crippen LogP contribution in [0.3, 0.4) is 0 Å². The summed E-state index contributed by atoms with van der Waals surface area (Å²) in [6.45, 7) is 3.53. The van der Waals surface area contributed by atoms with Gasteiger partial charge in [-0.3, -0.25) is 0 Å². The summed E-state index contributed by atoms with van der Waals surface area (Å²) in [5, 5.41) is 6.13. The Labute approximate surface area is 73.1 Å². The quantitative estimate of drug-likeness (QED) is 0.511. The van der Waals surface area contributed by atoms with Crippen LogP contribution in [0.2, 0.25) is 0 Å². The second-order valence-electron chi connectivity index (χ2n) is 1.93. The molecule has 0 amide bonds. The van der Waals surface area contributed by atoms with Crippen molar-refractivity contribution in [1.82, 2.24) is 15.2 Å². The van der Waals surface area contributed by atoms with Gasteiger partial charge in [-0.1, -0.05) is 17.8 Å². The normalized spacial score (nSPS) is 9.67. The van der Waals surface area contributed by atoms with E-state index >= 15 is 0 Å². The maximum Gasteiger partial charge on any atom is 0.362 e. The molecule has 0 aliphatic rings. The van der Waals surface area contributed by atoms with Crippen molar-refractivity contribution in [3.05, 3.63) is 23.1 Å². The van der Waals surface area contributed by atoms with Crippen molar-refractivity contribution in [1.29, 1.82) is 0 Å². The number of nitrogens with zero attached hydrogens (tertiary/aromatic N) is 2. The van der Waals surface area contributed by atoms with Crippen LogP contribution in [0.1, 0.15) is 0 Å². The van der Waals surface area contributed by atoms with E-state index in [1.807, 2.05) is 0 Å². The van der Waals surface area contributed by atoms with Gasteiger partial charge in [0.2, 0.25) is 0 Å². The van der Waals surface area contributed by atoms with Crippen molar-refractivity contribution in [2.24, 2.45) is 0 Å². The topological polar surface area (TPSA) is 84.7 Å². The number of hydrogen-bond donors (Lipinski definition) is 2. The number of nitrogens with two attached hydrogens (primary N) is 1. The molecule has 0 radical (unpaired) electrons. The average molecular weight is 184 g/mol.